The first kappa shape index (κ1) is 18.8. The van der Waals surface area contributed by atoms with Gasteiger partial charge in [-0.25, -0.2) is 0 Å². The molecule has 0 spiro atoms. The summed E-state index contributed by atoms with van der Waals surface area (Å²) in [6.07, 6.45) is 0.700. The lowest BCUT2D eigenvalue weighted by molar-refractivity contribution is -0.123. The number of para-hydroxylation sites is 2. The van der Waals surface area contributed by atoms with Crippen LogP contribution in [0, 0.1) is 0 Å². The molecule has 2 aliphatic heterocycles. The van der Waals surface area contributed by atoms with Crippen LogP contribution in [-0.2, 0) is 16.1 Å². The summed E-state index contributed by atoms with van der Waals surface area (Å²) < 4.78 is 16.9. The Morgan fingerprint density at radius 3 is 2.82 bits per heavy atom. The lowest BCUT2D eigenvalue weighted by Crippen LogP contribution is -2.47. The van der Waals surface area contributed by atoms with Gasteiger partial charge in [-0.2, -0.15) is 0 Å². The van der Waals surface area contributed by atoms with E-state index >= 15 is 0 Å². The summed E-state index contributed by atoms with van der Waals surface area (Å²) in [6, 6.07) is 15.6. The Labute approximate surface area is 165 Å². The lowest BCUT2D eigenvalue weighted by atomic mass is 10.1. The van der Waals surface area contributed by atoms with Gasteiger partial charge in [0.05, 0.1) is 25.4 Å². The molecule has 2 aromatic carbocycles. The van der Waals surface area contributed by atoms with Crippen LogP contribution in [-0.4, -0.2) is 56.9 Å². The molecule has 0 aromatic heterocycles. The fourth-order valence-corrected chi connectivity index (χ4v) is 4.06. The zero-order valence-electron chi connectivity index (χ0n) is 16.3. The second kappa shape index (κ2) is 8.20. The molecule has 0 unspecified atom stereocenters. The normalized spacial score (nSPS) is 21.6. The molecule has 6 nitrogen and oxygen atoms in total. The molecule has 1 fully saturated rings. The van der Waals surface area contributed by atoms with E-state index in [2.05, 4.69) is 11.0 Å². The van der Waals surface area contributed by atoms with Crippen molar-refractivity contribution in [3.8, 4) is 11.5 Å². The van der Waals surface area contributed by atoms with Gasteiger partial charge < -0.3 is 19.1 Å². The minimum absolute atomic E-state index is 0.00489. The van der Waals surface area contributed by atoms with Crippen LogP contribution in [0.15, 0.2) is 48.5 Å². The molecule has 1 amide bonds. The van der Waals surface area contributed by atoms with E-state index in [1.165, 1.54) is 0 Å². The van der Waals surface area contributed by atoms with Crippen molar-refractivity contribution in [2.45, 2.75) is 25.1 Å². The average molecular weight is 382 g/mol. The van der Waals surface area contributed by atoms with Crippen LogP contribution in [0.2, 0.25) is 0 Å². The number of anilines is 1. The largest absolute Gasteiger partial charge is 0.497 e. The number of nitrogens with zero attached hydrogens (tertiary/aromatic N) is 2. The number of amides is 1. The van der Waals surface area contributed by atoms with Crippen molar-refractivity contribution >= 4 is 11.6 Å². The summed E-state index contributed by atoms with van der Waals surface area (Å²) in [5.74, 6) is 1.70. The molecule has 4 rings (SSSR count). The zero-order chi connectivity index (χ0) is 19.5. The maximum Gasteiger partial charge on any atom is 0.244 e. The van der Waals surface area contributed by atoms with Crippen LogP contribution < -0.4 is 14.4 Å². The molecule has 2 aromatic rings. The third-order valence-corrected chi connectivity index (χ3v) is 5.40. The highest BCUT2D eigenvalue weighted by molar-refractivity contribution is 5.99. The third kappa shape index (κ3) is 3.70. The monoisotopic (exact) mass is 382 g/mol. The molecule has 0 radical (unpaired) electrons. The molecule has 2 aliphatic rings. The van der Waals surface area contributed by atoms with E-state index in [0.29, 0.717) is 26.1 Å². The van der Waals surface area contributed by atoms with Gasteiger partial charge >= 0.3 is 0 Å². The fraction of sp³-hybridized carbons (Fsp3) is 0.409. The van der Waals surface area contributed by atoms with Gasteiger partial charge in [-0.15, -0.1) is 0 Å². The minimum Gasteiger partial charge on any atom is -0.497 e. The molecule has 2 bridgehead atoms. The first-order valence-electron chi connectivity index (χ1n) is 9.62. The van der Waals surface area contributed by atoms with Crippen LogP contribution >= 0.6 is 0 Å². The SMILES string of the molecule is COCCN1C(=O)[C@@H]2C[C@@H](CN2Cc2cccc(OC)c2)Oc2ccccc21. The second-order valence-corrected chi connectivity index (χ2v) is 7.22. The van der Waals surface area contributed by atoms with E-state index in [9.17, 15) is 4.79 Å². The molecular weight excluding hydrogens is 356 g/mol. The van der Waals surface area contributed by atoms with Crippen LogP contribution in [0.3, 0.4) is 0 Å². The van der Waals surface area contributed by atoms with Crippen molar-refractivity contribution in [1.29, 1.82) is 0 Å². The van der Waals surface area contributed by atoms with Gasteiger partial charge in [0.2, 0.25) is 5.91 Å². The first-order chi connectivity index (χ1) is 13.7. The zero-order valence-corrected chi connectivity index (χ0v) is 16.3. The minimum atomic E-state index is -0.207. The predicted octanol–water partition coefficient (Wildman–Crippen LogP) is 2.71. The highest BCUT2D eigenvalue weighted by atomic mass is 16.5. The Morgan fingerprint density at radius 1 is 1.14 bits per heavy atom. The van der Waals surface area contributed by atoms with Crippen molar-refractivity contribution in [2.75, 3.05) is 38.8 Å². The van der Waals surface area contributed by atoms with Gasteiger partial charge in [-0.05, 0) is 29.8 Å². The van der Waals surface area contributed by atoms with E-state index in [1.54, 1.807) is 14.2 Å². The molecule has 2 atom stereocenters. The molecule has 0 saturated carbocycles. The van der Waals surface area contributed by atoms with Gasteiger partial charge in [0.1, 0.15) is 17.6 Å². The van der Waals surface area contributed by atoms with Gasteiger partial charge in [0.15, 0.2) is 0 Å². The molecule has 148 valence electrons. The van der Waals surface area contributed by atoms with Gasteiger partial charge in [0.25, 0.3) is 0 Å². The topological polar surface area (TPSA) is 51.2 Å². The summed E-state index contributed by atoms with van der Waals surface area (Å²) >= 11 is 0. The summed E-state index contributed by atoms with van der Waals surface area (Å²) in [5.41, 5.74) is 1.94. The number of carbonyl (C=O) groups is 1. The van der Waals surface area contributed by atoms with Crippen molar-refractivity contribution < 1.29 is 19.0 Å². The third-order valence-electron chi connectivity index (χ3n) is 5.40. The van der Waals surface area contributed by atoms with E-state index in [-0.39, 0.29) is 18.1 Å². The number of carbonyl (C=O) groups excluding carboxylic acids is 1. The maximum absolute atomic E-state index is 13.5. The van der Waals surface area contributed by atoms with E-state index in [1.807, 2.05) is 47.4 Å². The Morgan fingerprint density at radius 2 is 2.00 bits per heavy atom. The van der Waals surface area contributed by atoms with Gasteiger partial charge in [0, 0.05) is 33.2 Å². The Bertz CT molecular complexity index is 841. The number of hydrogen-bond acceptors (Lipinski definition) is 5. The van der Waals surface area contributed by atoms with E-state index in [0.717, 1.165) is 29.3 Å². The quantitative estimate of drug-likeness (QED) is 0.769. The molecule has 0 aliphatic carbocycles. The smallest absolute Gasteiger partial charge is 0.244 e. The average Bonchev–Trinajstić information content (AvgIpc) is 3.11. The number of fused-ring (bicyclic) bond motifs is 3. The first-order valence-corrected chi connectivity index (χ1v) is 9.62. The second-order valence-electron chi connectivity index (χ2n) is 7.22. The molecule has 1 saturated heterocycles. The van der Waals surface area contributed by atoms with Crippen molar-refractivity contribution in [3.05, 3.63) is 54.1 Å². The molecule has 28 heavy (non-hydrogen) atoms. The lowest BCUT2D eigenvalue weighted by Gasteiger charge is -2.31. The van der Waals surface area contributed by atoms with Crippen LogP contribution in [0.25, 0.3) is 0 Å². The van der Waals surface area contributed by atoms with E-state index < -0.39 is 0 Å². The Kier molecular flexibility index (Phi) is 5.50. The van der Waals surface area contributed by atoms with Crippen LogP contribution in [0.5, 0.6) is 11.5 Å². The van der Waals surface area contributed by atoms with E-state index in [4.69, 9.17) is 14.2 Å². The number of hydrogen-bond donors (Lipinski definition) is 0. The van der Waals surface area contributed by atoms with Crippen molar-refractivity contribution in [3.63, 3.8) is 0 Å². The molecule has 2 heterocycles. The molecule has 6 heteroatoms. The number of benzene rings is 2. The highest BCUT2D eigenvalue weighted by Gasteiger charge is 2.42. The van der Waals surface area contributed by atoms with Crippen molar-refractivity contribution in [1.82, 2.24) is 4.90 Å². The summed E-state index contributed by atoms with van der Waals surface area (Å²) in [6.45, 7) is 2.39. The molecule has 0 N–H and O–H groups in total. The number of rotatable bonds is 6. The standard InChI is InChI=1S/C22H26N2O4/c1-26-11-10-24-19-8-3-4-9-21(19)28-18-13-20(22(24)25)23(15-18)14-16-6-5-7-17(12-16)27-2/h3-9,12,18,20H,10-11,13-15H2,1-2H3/t18-,20-/m0/s1. The fourth-order valence-electron chi connectivity index (χ4n) is 4.06. The van der Waals surface area contributed by atoms with Crippen molar-refractivity contribution in [2.24, 2.45) is 0 Å². The van der Waals surface area contributed by atoms with Gasteiger partial charge in [-0.3, -0.25) is 9.69 Å². The number of methoxy groups -OCH3 is 2. The maximum atomic E-state index is 13.5. The predicted molar refractivity (Wildman–Crippen MR) is 107 cm³/mol. The number of ether oxygens (including phenoxy) is 3. The van der Waals surface area contributed by atoms with Gasteiger partial charge in [-0.1, -0.05) is 24.3 Å². The Balaban J connectivity index is 1.62. The highest BCUT2D eigenvalue weighted by Crippen LogP contribution is 2.36. The summed E-state index contributed by atoms with van der Waals surface area (Å²) in [4.78, 5) is 17.5. The van der Waals surface area contributed by atoms with Crippen LogP contribution in [0.1, 0.15) is 12.0 Å². The summed E-state index contributed by atoms with van der Waals surface area (Å²) in [5, 5.41) is 0. The summed E-state index contributed by atoms with van der Waals surface area (Å²) in [7, 11) is 3.32. The van der Waals surface area contributed by atoms with Crippen LogP contribution in [0.4, 0.5) is 5.69 Å². The number of likely N-dealkylation sites (tertiary alicyclic amines) is 1. The Hall–Kier alpha value is -2.57. The molecular formula is C22H26N2O4.